The first-order valence-electron chi connectivity index (χ1n) is 6.74. The first-order chi connectivity index (χ1) is 9.56. The van der Waals surface area contributed by atoms with Crippen LogP contribution in [-0.2, 0) is 11.3 Å². The third-order valence-corrected chi connectivity index (χ3v) is 4.58. The SMILES string of the molecule is O=C(O)CCC1CCCCN1Cc1csc([N+](=O)[O-])c1. The number of aliphatic carboxylic acids is 1. The van der Waals surface area contributed by atoms with E-state index in [1.54, 1.807) is 6.07 Å². The van der Waals surface area contributed by atoms with Crippen molar-refractivity contribution in [1.29, 1.82) is 0 Å². The van der Waals surface area contributed by atoms with E-state index in [9.17, 15) is 14.9 Å². The van der Waals surface area contributed by atoms with Gasteiger partial charge in [-0.05, 0) is 31.4 Å². The Morgan fingerprint density at radius 1 is 1.55 bits per heavy atom. The lowest BCUT2D eigenvalue weighted by Crippen LogP contribution is -2.39. The molecule has 1 N–H and O–H groups in total. The van der Waals surface area contributed by atoms with Crippen LogP contribution in [0.2, 0.25) is 0 Å². The molecule has 1 saturated heterocycles. The second kappa shape index (κ2) is 6.81. The molecule has 1 unspecified atom stereocenters. The summed E-state index contributed by atoms with van der Waals surface area (Å²) in [5, 5.41) is 21.5. The minimum Gasteiger partial charge on any atom is -0.481 e. The molecule has 1 aromatic rings. The van der Waals surface area contributed by atoms with Gasteiger partial charge in [-0.15, -0.1) is 0 Å². The lowest BCUT2D eigenvalue weighted by Gasteiger charge is -2.35. The van der Waals surface area contributed by atoms with E-state index in [2.05, 4.69) is 4.90 Å². The third-order valence-electron chi connectivity index (χ3n) is 3.65. The summed E-state index contributed by atoms with van der Waals surface area (Å²) in [7, 11) is 0. The molecule has 0 aliphatic carbocycles. The van der Waals surface area contributed by atoms with Crippen LogP contribution in [0.4, 0.5) is 5.00 Å². The highest BCUT2D eigenvalue weighted by atomic mass is 32.1. The maximum Gasteiger partial charge on any atom is 0.324 e. The number of carbonyl (C=O) groups is 1. The van der Waals surface area contributed by atoms with Crippen LogP contribution in [0, 0.1) is 10.1 Å². The van der Waals surface area contributed by atoms with Crippen molar-refractivity contribution in [2.24, 2.45) is 0 Å². The lowest BCUT2D eigenvalue weighted by atomic mass is 9.97. The molecule has 20 heavy (non-hydrogen) atoms. The van der Waals surface area contributed by atoms with Crippen LogP contribution in [0.1, 0.15) is 37.7 Å². The fraction of sp³-hybridized carbons (Fsp3) is 0.615. The smallest absolute Gasteiger partial charge is 0.324 e. The quantitative estimate of drug-likeness (QED) is 0.645. The van der Waals surface area contributed by atoms with Gasteiger partial charge in [-0.25, -0.2) is 0 Å². The maximum atomic E-state index is 10.7. The molecule has 0 spiro atoms. The number of rotatable bonds is 6. The predicted molar refractivity (Wildman–Crippen MR) is 75.9 cm³/mol. The molecule has 0 amide bonds. The number of piperidine rings is 1. The zero-order valence-corrected chi connectivity index (χ0v) is 12.0. The summed E-state index contributed by atoms with van der Waals surface area (Å²) in [6.07, 6.45) is 4.09. The summed E-state index contributed by atoms with van der Waals surface area (Å²) in [5.41, 5.74) is 0.948. The lowest BCUT2D eigenvalue weighted by molar-refractivity contribution is -0.380. The van der Waals surface area contributed by atoms with Gasteiger partial charge in [-0.2, -0.15) is 0 Å². The molecule has 0 radical (unpaired) electrons. The summed E-state index contributed by atoms with van der Waals surface area (Å²) in [6.45, 7) is 1.61. The van der Waals surface area contributed by atoms with Gasteiger partial charge in [0.25, 0.3) is 0 Å². The van der Waals surface area contributed by atoms with E-state index in [4.69, 9.17) is 5.11 Å². The molecule has 0 bridgehead atoms. The van der Waals surface area contributed by atoms with Gasteiger partial charge in [-0.1, -0.05) is 17.8 Å². The Bertz CT molecular complexity index is 488. The minimum atomic E-state index is -0.762. The Kier molecular flexibility index (Phi) is 5.08. The number of hydrogen-bond donors (Lipinski definition) is 1. The normalized spacial score (nSPS) is 19.9. The minimum absolute atomic E-state index is 0.166. The Hall–Kier alpha value is -1.47. The number of carboxylic acids is 1. The summed E-state index contributed by atoms with van der Waals surface area (Å²) in [4.78, 5) is 23.3. The van der Waals surface area contributed by atoms with Crippen molar-refractivity contribution in [2.45, 2.75) is 44.7 Å². The van der Waals surface area contributed by atoms with Crippen molar-refractivity contribution in [1.82, 2.24) is 4.90 Å². The monoisotopic (exact) mass is 298 g/mol. The van der Waals surface area contributed by atoms with Gasteiger partial charge >= 0.3 is 11.0 Å². The molecule has 2 heterocycles. The summed E-state index contributed by atoms with van der Waals surface area (Å²) in [6, 6.07) is 1.90. The van der Waals surface area contributed by atoms with Gasteiger partial charge in [0.05, 0.1) is 4.92 Å². The fourth-order valence-corrected chi connectivity index (χ4v) is 3.38. The van der Waals surface area contributed by atoms with Crippen molar-refractivity contribution in [3.63, 3.8) is 0 Å². The average molecular weight is 298 g/mol. The van der Waals surface area contributed by atoms with Crippen molar-refractivity contribution in [2.75, 3.05) is 6.54 Å². The largest absolute Gasteiger partial charge is 0.481 e. The van der Waals surface area contributed by atoms with E-state index in [0.717, 1.165) is 42.7 Å². The van der Waals surface area contributed by atoms with Gasteiger partial charge in [-0.3, -0.25) is 19.8 Å². The fourth-order valence-electron chi connectivity index (χ4n) is 2.66. The third kappa shape index (κ3) is 4.01. The number of nitro groups is 1. The van der Waals surface area contributed by atoms with E-state index in [0.29, 0.717) is 13.0 Å². The highest BCUT2D eigenvalue weighted by Crippen LogP contribution is 2.27. The molecular formula is C13H18N2O4S. The first kappa shape index (κ1) is 14.9. The van der Waals surface area contributed by atoms with E-state index in [1.165, 1.54) is 0 Å². The highest BCUT2D eigenvalue weighted by Gasteiger charge is 2.23. The number of nitrogens with zero attached hydrogens (tertiary/aromatic N) is 2. The second-order valence-electron chi connectivity index (χ2n) is 5.10. The van der Waals surface area contributed by atoms with Gasteiger partial charge in [0, 0.05) is 30.5 Å². The van der Waals surface area contributed by atoms with Gasteiger partial charge in [0.15, 0.2) is 0 Å². The standard InChI is InChI=1S/C13H18N2O4S/c16-13(17)5-4-11-3-1-2-6-14(11)8-10-7-12(15(18)19)20-9-10/h7,9,11H,1-6,8H2,(H,16,17). The summed E-state index contributed by atoms with van der Waals surface area (Å²) >= 11 is 1.15. The Balaban J connectivity index is 1.96. The van der Waals surface area contributed by atoms with Crippen LogP contribution in [0.3, 0.4) is 0 Å². The Morgan fingerprint density at radius 3 is 3.00 bits per heavy atom. The van der Waals surface area contributed by atoms with Crippen molar-refractivity contribution < 1.29 is 14.8 Å². The number of likely N-dealkylation sites (tertiary alicyclic amines) is 1. The number of carboxylic acid groups (broad SMARTS) is 1. The number of thiophene rings is 1. The van der Waals surface area contributed by atoms with E-state index >= 15 is 0 Å². The predicted octanol–water partition coefficient (Wildman–Crippen LogP) is 2.88. The second-order valence-corrected chi connectivity index (χ2v) is 5.99. The topological polar surface area (TPSA) is 83.7 Å². The van der Waals surface area contributed by atoms with E-state index in [-0.39, 0.29) is 22.4 Å². The maximum absolute atomic E-state index is 10.7. The highest BCUT2D eigenvalue weighted by molar-refractivity contribution is 7.13. The van der Waals surface area contributed by atoms with Crippen molar-refractivity contribution >= 4 is 22.3 Å². The molecule has 110 valence electrons. The van der Waals surface area contributed by atoms with Gasteiger partial charge in [0.1, 0.15) is 0 Å². The van der Waals surface area contributed by atoms with Gasteiger partial charge in [0.2, 0.25) is 0 Å². The van der Waals surface area contributed by atoms with Crippen molar-refractivity contribution in [3.8, 4) is 0 Å². The molecule has 6 nitrogen and oxygen atoms in total. The van der Waals surface area contributed by atoms with Crippen molar-refractivity contribution in [3.05, 3.63) is 27.1 Å². The van der Waals surface area contributed by atoms with Crippen LogP contribution in [0.25, 0.3) is 0 Å². The summed E-state index contributed by atoms with van der Waals surface area (Å²) < 4.78 is 0. The van der Waals surface area contributed by atoms with Crippen LogP contribution >= 0.6 is 11.3 Å². The zero-order chi connectivity index (χ0) is 14.5. The molecule has 1 fully saturated rings. The molecule has 2 rings (SSSR count). The molecular weight excluding hydrogens is 280 g/mol. The average Bonchev–Trinajstić information content (AvgIpc) is 2.86. The van der Waals surface area contributed by atoms with E-state index < -0.39 is 5.97 Å². The summed E-state index contributed by atoms with van der Waals surface area (Å²) in [5.74, 6) is -0.762. The molecule has 1 atom stereocenters. The molecule has 1 aliphatic rings. The molecule has 1 aliphatic heterocycles. The Labute approximate surface area is 121 Å². The van der Waals surface area contributed by atoms with Crippen LogP contribution in [0.5, 0.6) is 0 Å². The van der Waals surface area contributed by atoms with E-state index in [1.807, 2.05) is 5.38 Å². The van der Waals surface area contributed by atoms with Crippen LogP contribution in [-0.4, -0.2) is 33.5 Å². The molecule has 0 saturated carbocycles. The van der Waals surface area contributed by atoms with Crippen LogP contribution in [0.15, 0.2) is 11.4 Å². The Morgan fingerprint density at radius 2 is 2.35 bits per heavy atom. The first-order valence-corrected chi connectivity index (χ1v) is 7.62. The molecule has 1 aromatic heterocycles. The zero-order valence-electron chi connectivity index (χ0n) is 11.2. The molecule has 0 aromatic carbocycles. The van der Waals surface area contributed by atoms with Crippen LogP contribution < -0.4 is 0 Å². The molecule has 7 heteroatoms. The van der Waals surface area contributed by atoms with Gasteiger partial charge < -0.3 is 5.11 Å². The number of hydrogen-bond acceptors (Lipinski definition) is 5.